The molecule has 4 rings (SSSR count). The van der Waals surface area contributed by atoms with E-state index in [0.29, 0.717) is 23.3 Å². The molecule has 0 saturated carbocycles. The average Bonchev–Trinajstić information content (AvgIpc) is 2.99. The van der Waals surface area contributed by atoms with Crippen LogP contribution in [0.5, 0.6) is 11.5 Å². The Morgan fingerprint density at radius 1 is 0.531 bits per heavy atom. The van der Waals surface area contributed by atoms with Crippen molar-refractivity contribution in [1.29, 1.82) is 0 Å². The normalized spacial score (nSPS) is 13.3. The van der Waals surface area contributed by atoms with Gasteiger partial charge in [-0.3, -0.25) is 0 Å². The Kier molecular flexibility index (Phi) is 10.5. The predicted molar refractivity (Wildman–Crippen MR) is 173 cm³/mol. The molecular weight excluding hydrogens is 695 g/mol. The molecule has 0 aliphatic carbocycles. The van der Waals surface area contributed by atoms with Crippen LogP contribution in [0.4, 0.5) is 26.3 Å². The quantitative estimate of drug-likeness (QED) is 0.120. The number of halogens is 6. The summed E-state index contributed by atoms with van der Waals surface area (Å²) in [6, 6.07) is 14.6. The first kappa shape index (κ1) is 37.3. The maximum absolute atomic E-state index is 15.7. The summed E-state index contributed by atoms with van der Waals surface area (Å²) in [6.45, 7) is 6.10. The standard InChI is InChI=1S/C35H30F6O6S2/c1-5-9-25-11-7-13-29(31(25)46-48(42,43)27-19-15-23(3)16-20-27)33(34(36,37)38,35(39,40)41)30-14-8-12-26(10-6-2)32(30)47-49(44,45)28-21-17-24(4)18-22-28/h5-22H,1-4H3. The van der Waals surface area contributed by atoms with Crippen molar-refractivity contribution in [3.8, 4) is 11.5 Å². The molecule has 0 aliphatic heterocycles. The van der Waals surface area contributed by atoms with Crippen LogP contribution in [0.3, 0.4) is 0 Å². The Morgan fingerprint density at radius 2 is 0.857 bits per heavy atom. The molecule has 0 saturated heterocycles. The van der Waals surface area contributed by atoms with E-state index in [1.54, 1.807) is 13.8 Å². The molecule has 4 aromatic carbocycles. The van der Waals surface area contributed by atoms with E-state index in [9.17, 15) is 16.8 Å². The molecule has 0 bridgehead atoms. The van der Waals surface area contributed by atoms with E-state index in [-0.39, 0.29) is 0 Å². The minimum atomic E-state index is -6.30. The number of hydrogen-bond acceptors (Lipinski definition) is 6. The average molecular weight is 725 g/mol. The van der Waals surface area contributed by atoms with Crippen molar-refractivity contribution in [2.24, 2.45) is 0 Å². The molecular formula is C35H30F6O6S2. The van der Waals surface area contributed by atoms with Gasteiger partial charge in [-0.25, -0.2) is 0 Å². The van der Waals surface area contributed by atoms with Gasteiger partial charge in [-0.1, -0.05) is 96.1 Å². The molecule has 0 amide bonds. The first-order chi connectivity index (χ1) is 22.8. The van der Waals surface area contributed by atoms with Gasteiger partial charge in [-0.05, 0) is 52.0 Å². The molecule has 260 valence electrons. The molecule has 0 aliphatic rings. The van der Waals surface area contributed by atoms with Gasteiger partial charge in [0, 0.05) is 22.3 Å². The highest BCUT2D eigenvalue weighted by Crippen LogP contribution is 2.61. The van der Waals surface area contributed by atoms with Crippen LogP contribution in [0.25, 0.3) is 12.2 Å². The van der Waals surface area contributed by atoms with Crippen molar-refractivity contribution in [2.45, 2.75) is 55.3 Å². The summed E-state index contributed by atoms with van der Waals surface area (Å²) in [5.41, 5.74) is -8.08. The van der Waals surface area contributed by atoms with Crippen molar-refractivity contribution >= 4 is 32.4 Å². The van der Waals surface area contributed by atoms with Crippen molar-refractivity contribution in [3.63, 3.8) is 0 Å². The molecule has 0 unspecified atom stereocenters. The van der Waals surface area contributed by atoms with Gasteiger partial charge in [0.1, 0.15) is 9.79 Å². The van der Waals surface area contributed by atoms with Gasteiger partial charge in [-0.2, -0.15) is 43.2 Å². The van der Waals surface area contributed by atoms with Gasteiger partial charge >= 0.3 is 32.6 Å². The number of benzene rings is 4. The summed E-state index contributed by atoms with van der Waals surface area (Å²) in [4.78, 5) is -1.07. The molecule has 0 fully saturated rings. The second-order valence-corrected chi connectivity index (χ2v) is 14.0. The number of rotatable bonds is 10. The van der Waals surface area contributed by atoms with Gasteiger partial charge in [0.15, 0.2) is 11.5 Å². The van der Waals surface area contributed by atoms with Crippen molar-refractivity contribution < 1.29 is 51.5 Å². The fourth-order valence-electron chi connectivity index (χ4n) is 5.15. The summed E-state index contributed by atoms with van der Waals surface area (Å²) >= 11 is 0. The second kappa shape index (κ2) is 13.7. The third-order valence-electron chi connectivity index (χ3n) is 7.45. The van der Waals surface area contributed by atoms with Gasteiger partial charge in [0.2, 0.25) is 5.41 Å². The molecule has 6 nitrogen and oxygen atoms in total. The first-order valence-electron chi connectivity index (χ1n) is 14.5. The fraction of sp³-hybridized carbons (Fsp3) is 0.200. The number of para-hydroxylation sites is 2. The highest BCUT2D eigenvalue weighted by atomic mass is 32.2. The van der Waals surface area contributed by atoms with E-state index >= 15 is 26.3 Å². The fourth-order valence-corrected chi connectivity index (χ4v) is 7.09. The topological polar surface area (TPSA) is 86.7 Å². The summed E-state index contributed by atoms with van der Waals surface area (Å²) in [5.74, 6) is -2.56. The molecule has 0 spiro atoms. The van der Waals surface area contributed by atoms with Crippen molar-refractivity contribution in [3.05, 3.63) is 130 Å². The van der Waals surface area contributed by atoms with E-state index in [0.717, 1.165) is 60.7 Å². The van der Waals surface area contributed by atoms with Crippen LogP contribution in [0, 0.1) is 13.8 Å². The second-order valence-electron chi connectivity index (χ2n) is 10.9. The first-order valence-corrected chi connectivity index (χ1v) is 17.3. The minimum absolute atomic E-state index is 0.437. The summed E-state index contributed by atoms with van der Waals surface area (Å²) < 4.78 is 158. The molecule has 14 heteroatoms. The zero-order valence-electron chi connectivity index (χ0n) is 26.4. The Balaban J connectivity index is 2.17. The lowest BCUT2D eigenvalue weighted by Gasteiger charge is -2.40. The molecule has 0 atom stereocenters. The van der Waals surface area contributed by atoms with Gasteiger partial charge in [0.05, 0.1) is 0 Å². The summed E-state index contributed by atoms with van der Waals surface area (Å²) in [6.07, 6.45) is -7.91. The smallest absolute Gasteiger partial charge is 0.378 e. The van der Waals surface area contributed by atoms with E-state index in [2.05, 4.69) is 0 Å². The predicted octanol–water partition coefficient (Wildman–Crippen LogP) is 9.32. The van der Waals surface area contributed by atoms with Crippen molar-refractivity contribution in [2.75, 3.05) is 0 Å². The SMILES string of the molecule is CC=Cc1cccc(C(c2cccc(C=CC)c2OS(=O)(=O)c2ccc(C)cc2)(C(F)(F)F)C(F)(F)F)c1OS(=O)(=O)c1ccc(C)cc1. The van der Waals surface area contributed by atoms with Crippen LogP contribution in [0.1, 0.15) is 47.2 Å². The van der Waals surface area contributed by atoms with Crippen molar-refractivity contribution in [1.82, 2.24) is 0 Å². The summed E-state index contributed by atoms with van der Waals surface area (Å²) in [5, 5.41) is 0. The van der Waals surface area contributed by atoms with E-state index < -0.39 is 81.5 Å². The van der Waals surface area contributed by atoms with Gasteiger partial charge in [0.25, 0.3) is 0 Å². The Labute approximate surface area is 280 Å². The third-order valence-corrected chi connectivity index (χ3v) is 9.92. The lowest BCUT2D eigenvalue weighted by molar-refractivity contribution is -0.289. The molecule has 49 heavy (non-hydrogen) atoms. The number of allylic oxidation sites excluding steroid dienone is 2. The van der Waals surface area contributed by atoms with Crippen LogP contribution in [0.2, 0.25) is 0 Å². The van der Waals surface area contributed by atoms with Crippen LogP contribution in [-0.2, 0) is 25.7 Å². The molecule has 0 aromatic heterocycles. The maximum atomic E-state index is 15.7. The maximum Gasteiger partial charge on any atom is 0.411 e. The number of hydrogen-bond donors (Lipinski definition) is 0. The molecule has 0 heterocycles. The van der Waals surface area contributed by atoms with Crippen LogP contribution < -0.4 is 8.37 Å². The van der Waals surface area contributed by atoms with E-state index in [4.69, 9.17) is 8.37 Å². The zero-order chi connectivity index (χ0) is 36.4. The lowest BCUT2D eigenvalue weighted by Crippen LogP contribution is -2.55. The third kappa shape index (κ3) is 7.25. The molecule has 4 aromatic rings. The summed E-state index contributed by atoms with van der Waals surface area (Å²) in [7, 11) is -10.1. The minimum Gasteiger partial charge on any atom is -0.378 e. The largest absolute Gasteiger partial charge is 0.411 e. The van der Waals surface area contributed by atoms with Gasteiger partial charge < -0.3 is 8.37 Å². The Morgan fingerprint density at radius 3 is 1.14 bits per heavy atom. The van der Waals surface area contributed by atoms with Gasteiger partial charge in [-0.15, -0.1) is 0 Å². The monoisotopic (exact) mass is 724 g/mol. The Bertz CT molecular complexity index is 1950. The molecule has 0 radical (unpaired) electrons. The zero-order valence-corrected chi connectivity index (χ0v) is 28.1. The van der Waals surface area contributed by atoms with Crippen LogP contribution in [0.15, 0.2) is 107 Å². The lowest BCUT2D eigenvalue weighted by atomic mass is 9.71. The number of aryl methyl sites for hydroxylation is 2. The highest BCUT2D eigenvalue weighted by Gasteiger charge is 2.74. The van der Waals surface area contributed by atoms with E-state index in [1.165, 1.54) is 50.3 Å². The van der Waals surface area contributed by atoms with E-state index in [1.807, 2.05) is 0 Å². The molecule has 0 N–H and O–H groups in total. The highest BCUT2D eigenvalue weighted by molar-refractivity contribution is 7.87. The van der Waals surface area contributed by atoms with Crippen LogP contribution in [-0.4, -0.2) is 29.2 Å². The number of alkyl halides is 6. The van der Waals surface area contributed by atoms with Crippen LogP contribution >= 0.6 is 0 Å². The Hall–Kier alpha value is -4.56.